The maximum atomic E-state index is 13.9. The molecule has 4 rings (SSSR count). The number of carbonyl (C=O) groups is 1. The van der Waals surface area contributed by atoms with Crippen LogP contribution in [-0.2, 0) is 0 Å². The van der Waals surface area contributed by atoms with Crippen molar-refractivity contribution in [1.29, 1.82) is 0 Å². The predicted octanol–water partition coefficient (Wildman–Crippen LogP) is 4.76. The van der Waals surface area contributed by atoms with E-state index in [2.05, 4.69) is 4.98 Å². The van der Waals surface area contributed by atoms with Gasteiger partial charge in [-0.3, -0.25) is 14.2 Å². The minimum atomic E-state index is -0.758. The van der Waals surface area contributed by atoms with Gasteiger partial charge in [-0.05, 0) is 43.2 Å². The number of aromatic nitrogens is 2. The van der Waals surface area contributed by atoms with Crippen LogP contribution in [0.5, 0.6) is 0 Å². The Morgan fingerprint density at radius 2 is 1.89 bits per heavy atom. The molecule has 0 bridgehead atoms. The Kier molecular flexibility index (Phi) is 5.26. The summed E-state index contributed by atoms with van der Waals surface area (Å²) in [5.74, 6) is -2.09. The number of fused-ring (bicyclic) bond motifs is 1. The van der Waals surface area contributed by atoms with Crippen LogP contribution in [0, 0.1) is 11.6 Å². The van der Waals surface area contributed by atoms with E-state index in [9.17, 15) is 18.4 Å². The van der Waals surface area contributed by atoms with Gasteiger partial charge in [0.2, 0.25) is 0 Å². The second-order valence-electron chi connectivity index (χ2n) is 6.86. The smallest absolute Gasteiger partial charge is 0.262 e. The number of rotatable bonds is 5. The third kappa shape index (κ3) is 3.58. The van der Waals surface area contributed by atoms with E-state index >= 15 is 0 Å². The summed E-state index contributed by atoms with van der Waals surface area (Å²) < 4.78 is 28.9. The van der Waals surface area contributed by atoms with Crippen molar-refractivity contribution in [2.75, 3.05) is 5.75 Å². The molecular weight excluding hydrogens is 382 g/mol. The van der Waals surface area contributed by atoms with Crippen molar-refractivity contribution in [3.8, 4) is 0 Å². The number of benzene rings is 2. The molecule has 0 radical (unpaired) electrons. The molecule has 1 aliphatic carbocycles. The van der Waals surface area contributed by atoms with Gasteiger partial charge in [-0.1, -0.05) is 36.7 Å². The number of ketones is 1. The van der Waals surface area contributed by atoms with Crippen molar-refractivity contribution in [2.24, 2.45) is 0 Å². The van der Waals surface area contributed by atoms with Crippen LogP contribution in [0.2, 0.25) is 0 Å². The number of hydrogen-bond acceptors (Lipinski definition) is 4. The first kappa shape index (κ1) is 18.8. The van der Waals surface area contributed by atoms with E-state index in [0.29, 0.717) is 16.1 Å². The van der Waals surface area contributed by atoms with E-state index in [1.165, 1.54) is 0 Å². The monoisotopic (exact) mass is 400 g/mol. The summed E-state index contributed by atoms with van der Waals surface area (Å²) in [6.07, 6.45) is 3.86. The Morgan fingerprint density at radius 1 is 1.14 bits per heavy atom. The highest BCUT2D eigenvalue weighted by atomic mass is 32.2. The molecule has 0 aliphatic heterocycles. The lowest BCUT2D eigenvalue weighted by atomic mass is 10.1. The van der Waals surface area contributed by atoms with Gasteiger partial charge in [-0.25, -0.2) is 13.8 Å². The van der Waals surface area contributed by atoms with E-state index < -0.39 is 17.4 Å². The molecule has 1 fully saturated rings. The van der Waals surface area contributed by atoms with Gasteiger partial charge in [0.05, 0.1) is 22.2 Å². The maximum Gasteiger partial charge on any atom is 0.262 e. The number of carbonyl (C=O) groups excluding carboxylic acids is 1. The Hall–Kier alpha value is -2.54. The lowest BCUT2D eigenvalue weighted by Crippen LogP contribution is -2.26. The summed E-state index contributed by atoms with van der Waals surface area (Å²) in [6.45, 7) is 0. The fourth-order valence-electron chi connectivity index (χ4n) is 3.63. The van der Waals surface area contributed by atoms with Crippen LogP contribution in [0.4, 0.5) is 8.78 Å². The van der Waals surface area contributed by atoms with Gasteiger partial charge < -0.3 is 0 Å². The Balaban J connectivity index is 1.69. The zero-order valence-electron chi connectivity index (χ0n) is 15.0. The molecule has 144 valence electrons. The third-order valence-corrected chi connectivity index (χ3v) is 5.98. The highest BCUT2D eigenvalue weighted by Gasteiger charge is 2.24. The average molecular weight is 400 g/mol. The fourth-order valence-corrected chi connectivity index (χ4v) is 4.58. The zero-order valence-corrected chi connectivity index (χ0v) is 15.8. The standard InChI is InChI=1S/C21H18F2N2O2S/c22-13-9-10-17(23)16(11-13)19(26)12-28-21-24-18-8-4-3-7-15(18)20(27)25(21)14-5-1-2-6-14/h3-4,7-11,14H,1-2,5-6,12H2. The number of thioether (sulfide) groups is 1. The Labute approximate surface area is 164 Å². The second kappa shape index (κ2) is 7.83. The summed E-state index contributed by atoms with van der Waals surface area (Å²) in [5, 5.41) is 0.988. The Morgan fingerprint density at radius 3 is 2.68 bits per heavy atom. The van der Waals surface area contributed by atoms with Crippen molar-refractivity contribution in [2.45, 2.75) is 36.9 Å². The minimum Gasteiger partial charge on any atom is -0.293 e. The molecule has 1 aromatic heterocycles. The van der Waals surface area contributed by atoms with E-state index in [-0.39, 0.29) is 22.9 Å². The molecule has 2 aromatic carbocycles. The van der Waals surface area contributed by atoms with Crippen LogP contribution >= 0.6 is 11.8 Å². The first-order valence-corrected chi connectivity index (χ1v) is 10.2. The number of nitrogens with zero attached hydrogens (tertiary/aromatic N) is 2. The average Bonchev–Trinajstić information content (AvgIpc) is 3.22. The molecular formula is C21H18F2N2O2S. The normalized spacial score (nSPS) is 14.6. The fraction of sp³-hybridized carbons (Fsp3) is 0.286. The second-order valence-corrected chi connectivity index (χ2v) is 7.80. The SMILES string of the molecule is O=C(CSc1nc2ccccc2c(=O)n1C1CCCC1)c1cc(F)ccc1F. The van der Waals surface area contributed by atoms with Gasteiger partial charge in [0.15, 0.2) is 10.9 Å². The van der Waals surface area contributed by atoms with Gasteiger partial charge in [0, 0.05) is 6.04 Å². The largest absolute Gasteiger partial charge is 0.293 e. The summed E-state index contributed by atoms with van der Waals surface area (Å²) in [4.78, 5) is 30.1. The molecule has 0 unspecified atom stereocenters. The van der Waals surface area contributed by atoms with E-state index in [4.69, 9.17) is 0 Å². The first-order valence-electron chi connectivity index (χ1n) is 9.17. The number of para-hydroxylation sites is 1. The lowest BCUT2D eigenvalue weighted by molar-refractivity contribution is 0.101. The van der Waals surface area contributed by atoms with Crippen LogP contribution in [0.1, 0.15) is 42.1 Å². The summed E-state index contributed by atoms with van der Waals surface area (Å²) in [6, 6.07) is 9.97. The van der Waals surface area contributed by atoms with Gasteiger partial charge >= 0.3 is 0 Å². The van der Waals surface area contributed by atoms with Crippen molar-refractivity contribution in [3.63, 3.8) is 0 Å². The zero-order chi connectivity index (χ0) is 19.7. The molecule has 0 spiro atoms. The predicted molar refractivity (Wildman–Crippen MR) is 105 cm³/mol. The van der Waals surface area contributed by atoms with E-state index in [1.54, 1.807) is 28.8 Å². The molecule has 1 aliphatic rings. The van der Waals surface area contributed by atoms with Crippen LogP contribution in [0.25, 0.3) is 10.9 Å². The molecule has 1 saturated carbocycles. The van der Waals surface area contributed by atoms with Gasteiger partial charge in [-0.2, -0.15) is 0 Å². The van der Waals surface area contributed by atoms with Crippen LogP contribution in [0.3, 0.4) is 0 Å². The van der Waals surface area contributed by atoms with Crippen molar-refractivity contribution < 1.29 is 13.6 Å². The van der Waals surface area contributed by atoms with Crippen LogP contribution in [-0.4, -0.2) is 21.1 Å². The highest BCUT2D eigenvalue weighted by molar-refractivity contribution is 7.99. The quantitative estimate of drug-likeness (QED) is 0.352. The van der Waals surface area contributed by atoms with Crippen molar-refractivity contribution in [3.05, 3.63) is 70.0 Å². The number of Topliss-reactive ketones (excluding diaryl/α,β-unsaturated/α-hetero) is 1. The molecule has 1 heterocycles. The first-order chi connectivity index (χ1) is 13.5. The van der Waals surface area contributed by atoms with Crippen LogP contribution in [0.15, 0.2) is 52.4 Å². The molecule has 28 heavy (non-hydrogen) atoms. The molecule has 4 nitrogen and oxygen atoms in total. The third-order valence-electron chi connectivity index (χ3n) is 5.03. The number of hydrogen-bond donors (Lipinski definition) is 0. The highest BCUT2D eigenvalue weighted by Crippen LogP contribution is 2.32. The Bertz CT molecular complexity index is 1110. The van der Waals surface area contributed by atoms with Gasteiger partial charge in [-0.15, -0.1) is 0 Å². The van der Waals surface area contributed by atoms with E-state index in [1.807, 2.05) is 0 Å². The molecule has 3 aromatic rings. The van der Waals surface area contributed by atoms with E-state index in [0.717, 1.165) is 55.6 Å². The summed E-state index contributed by atoms with van der Waals surface area (Å²) in [5.41, 5.74) is 0.154. The molecule has 0 amide bonds. The van der Waals surface area contributed by atoms with Gasteiger partial charge in [0.25, 0.3) is 5.56 Å². The molecule has 0 atom stereocenters. The minimum absolute atomic E-state index is 0.0492. The maximum absolute atomic E-state index is 13.9. The number of halogens is 2. The van der Waals surface area contributed by atoms with Gasteiger partial charge in [0.1, 0.15) is 11.6 Å². The molecule has 0 N–H and O–H groups in total. The lowest BCUT2D eigenvalue weighted by Gasteiger charge is -2.18. The summed E-state index contributed by atoms with van der Waals surface area (Å²) >= 11 is 1.09. The topological polar surface area (TPSA) is 52.0 Å². The molecule has 0 saturated heterocycles. The van der Waals surface area contributed by atoms with Crippen molar-refractivity contribution >= 4 is 28.4 Å². The van der Waals surface area contributed by atoms with Crippen molar-refractivity contribution in [1.82, 2.24) is 9.55 Å². The molecule has 7 heteroatoms. The summed E-state index contributed by atoms with van der Waals surface area (Å²) in [7, 11) is 0. The van der Waals surface area contributed by atoms with Crippen LogP contribution < -0.4 is 5.56 Å².